The van der Waals surface area contributed by atoms with Gasteiger partial charge in [0.05, 0.1) is 4.92 Å². The summed E-state index contributed by atoms with van der Waals surface area (Å²) in [5.41, 5.74) is 0.611. The van der Waals surface area contributed by atoms with Crippen LogP contribution in [0.2, 0.25) is 0 Å². The molecule has 2 rings (SSSR count). The second-order valence-electron chi connectivity index (χ2n) is 7.35. The molecule has 1 heterocycles. The zero-order valence-corrected chi connectivity index (χ0v) is 14.4. The van der Waals surface area contributed by atoms with Crippen LogP contribution in [0.3, 0.4) is 0 Å². The molecule has 0 aromatic heterocycles. The van der Waals surface area contributed by atoms with Crippen molar-refractivity contribution in [3.8, 4) is 0 Å². The van der Waals surface area contributed by atoms with E-state index in [9.17, 15) is 10.1 Å². The number of hydrogen-bond donors (Lipinski definition) is 0. The van der Waals surface area contributed by atoms with Crippen molar-refractivity contribution in [2.24, 2.45) is 0 Å². The first-order chi connectivity index (χ1) is 10.7. The Hall–Kier alpha value is -1.72. The van der Waals surface area contributed by atoms with Crippen molar-refractivity contribution in [1.82, 2.24) is 5.06 Å². The molecule has 126 valence electrons. The Bertz CT molecular complexity index is 563. The highest BCUT2D eigenvalue weighted by molar-refractivity contribution is 5.50. The van der Waals surface area contributed by atoms with Crippen LogP contribution in [0.25, 0.3) is 6.08 Å². The van der Waals surface area contributed by atoms with Crippen molar-refractivity contribution >= 4 is 6.08 Å². The normalized spacial score (nSPS) is 21.1. The van der Waals surface area contributed by atoms with Crippen molar-refractivity contribution in [2.45, 2.75) is 58.0 Å². The van der Waals surface area contributed by atoms with Crippen LogP contribution >= 0.6 is 0 Å². The molecule has 0 unspecified atom stereocenters. The van der Waals surface area contributed by atoms with E-state index in [1.165, 1.54) is 0 Å². The Morgan fingerprint density at radius 3 is 2.30 bits per heavy atom. The lowest BCUT2D eigenvalue weighted by molar-refractivity contribution is -0.436. The second kappa shape index (κ2) is 6.81. The monoisotopic (exact) mass is 318 g/mol. The van der Waals surface area contributed by atoms with Gasteiger partial charge in [-0.2, -0.15) is 5.06 Å². The van der Waals surface area contributed by atoms with E-state index in [-0.39, 0.29) is 28.3 Å². The molecule has 0 aliphatic carbocycles. The van der Waals surface area contributed by atoms with Gasteiger partial charge in [0.25, 0.3) is 5.70 Å². The number of nitro groups is 1. The van der Waals surface area contributed by atoms with Gasteiger partial charge in [0.2, 0.25) is 0 Å². The van der Waals surface area contributed by atoms with E-state index in [2.05, 4.69) is 27.7 Å². The maximum atomic E-state index is 11.3. The Balaban J connectivity index is 2.15. The maximum Gasteiger partial charge on any atom is 0.274 e. The van der Waals surface area contributed by atoms with Crippen LogP contribution < -0.4 is 0 Å². The highest BCUT2D eigenvalue weighted by atomic mass is 16.7. The Labute approximate surface area is 138 Å². The molecule has 1 fully saturated rings. The first-order valence-corrected chi connectivity index (χ1v) is 8.06. The standard InChI is InChI=1S/C18H26N2O3/c1-17(2)11-8-12-18(3,4)20(17)23-14-16(19(21)22)13-15-9-6-5-7-10-15/h5-7,9-10,13H,8,11-12,14H2,1-4H3/b16-13-. The van der Waals surface area contributed by atoms with Crippen molar-refractivity contribution in [3.05, 3.63) is 51.7 Å². The van der Waals surface area contributed by atoms with Gasteiger partial charge in [-0.1, -0.05) is 30.3 Å². The van der Waals surface area contributed by atoms with Crippen molar-refractivity contribution in [3.63, 3.8) is 0 Å². The molecular formula is C18H26N2O3. The van der Waals surface area contributed by atoms with E-state index in [4.69, 9.17) is 4.84 Å². The molecule has 1 aromatic rings. The molecule has 1 aliphatic rings. The molecule has 1 aliphatic heterocycles. The number of benzene rings is 1. The van der Waals surface area contributed by atoms with E-state index in [0.29, 0.717) is 0 Å². The van der Waals surface area contributed by atoms with Crippen molar-refractivity contribution in [2.75, 3.05) is 6.61 Å². The van der Waals surface area contributed by atoms with E-state index in [1.54, 1.807) is 6.08 Å². The molecule has 23 heavy (non-hydrogen) atoms. The van der Waals surface area contributed by atoms with Crippen LogP contribution in [0.5, 0.6) is 0 Å². The van der Waals surface area contributed by atoms with Crippen LogP contribution in [-0.2, 0) is 4.84 Å². The average molecular weight is 318 g/mol. The molecule has 0 bridgehead atoms. The lowest BCUT2D eigenvalue weighted by Crippen LogP contribution is -2.58. The average Bonchev–Trinajstić information content (AvgIpc) is 2.45. The summed E-state index contributed by atoms with van der Waals surface area (Å²) in [6.07, 6.45) is 4.75. The van der Waals surface area contributed by atoms with Gasteiger partial charge < -0.3 is 0 Å². The molecule has 0 atom stereocenters. The van der Waals surface area contributed by atoms with Gasteiger partial charge in [-0.25, -0.2) is 0 Å². The van der Waals surface area contributed by atoms with Gasteiger partial charge in [-0.3, -0.25) is 15.0 Å². The van der Waals surface area contributed by atoms with Gasteiger partial charge in [0.1, 0.15) is 0 Å². The number of piperidine rings is 1. The van der Waals surface area contributed by atoms with Crippen LogP contribution in [0.1, 0.15) is 52.5 Å². The SMILES string of the molecule is CC1(C)CCCC(C)(C)N1OC/C(=C/c1ccccc1)[N+](=O)[O-]. The maximum absolute atomic E-state index is 11.3. The third-order valence-electron chi connectivity index (χ3n) is 4.39. The summed E-state index contributed by atoms with van der Waals surface area (Å²) < 4.78 is 0. The summed E-state index contributed by atoms with van der Waals surface area (Å²) in [6.45, 7) is 8.47. The van der Waals surface area contributed by atoms with Crippen LogP contribution in [0, 0.1) is 10.1 Å². The van der Waals surface area contributed by atoms with Gasteiger partial charge >= 0.3 is 0 Å². The molecule has 0 N–H and O–H groups in total. The first kappa shape index (κ1) is 17.6. The number of rotatable bonds is 5. The van der Waals surface area contributed by atoms with E-state index in [1.807, 2.05) is 35.4 Å². The third-order valence-corrected chi connectivity index (χ3v) is 4.39. The summed E-state index contributed by atoms with van der Waals surface area (Å²) in [4.78, 5) is 16.9. The number of hydrogen-bond acceptors (Lipinski definition) is 4. The topological polar surface area (TPSA) is 55.6 Å². The second-order valence-corrected chi connectivity index (χ2v) is 7.35. The fourth-order valence-corrected chi connectivity index (χ4v) is 3.34. The Kier molecular flexibility index (Phi) is 5.22. The van der Waals surface area contributed by atoms with E-state index >= 15 is 0 Å². The first-order valence-electron chi connectivity index (χ1n) is 8.06. The Morgan fingerprint density at radius 1 is 1.22 bits per heavy atom. The van der Waals surface area contributed by atoms with Crippen LogP contribution in [0.4, 0.5) is 0 Å². The zero-order valence-electron chi connectivity index (χ0n) is 14.4. The summed E-state index contributed by atoms with van der Waals surface area (Å²) in [5.74, 6) is 0. The quantitative estimate of drug-likeness (QED) is 0.600. The molecule has 0 spiro atoms. The smallest absolute Gasteiger partial charge is 0.274 e. The minimum atomic E-state index is -0.364. The lowest BCUT2D eigenvalue weighted by Gasteiger charge is -2.51. The van der Waals surface area contributed by atoms with Crippen LogP contribution in [-0.4, -0.2) is 27.7 Å². The van der Waals surface area contributed by atoms with Gasteiger partial charge in [-0.15, -0.1) is 0 Å². The molecule has 1 aromatic carbocycles. The summed E-state index contributed by atoms with van der Waals surface area (Å²) in [5, 5.41) is 13.3. The molecule has 1 saturated heterocycles. The Morgan fingerprint density at radius 2 is 1.78 bits per heavy atom. The van der Waals surface area contributed by atoms with E-state index < -0.39 is 0 Å². The fourth-order valence-electron chi connectivity index (χ4n) is 3.34. The summed E-state index contributed by atoms with van der Waals surface area (Å²) in [7, 11) is 0. The molecule has 0 amide bonds. The summed E-state index contributed by atoms with van der Waals surface area (Å²) in [6, 6.07) is 9.30. The minimum absolute atomic E-state index is 0.0330. The molecule has 0 saturated carbocycles. The van der Waals surface area contributed by atoms with Crippen molar-refractivity contribution in [1.29, 1.82) is 0 Å². The number of hydroxylamine groups is 2. The molecule has 5 heteroatoms. The van der Waals surface area contributed by atoms with E-state index in [0.717, 1.165) is 24.8 Å². The fraction of sp³-hybridized carbons (Fsp3) is 0.556. The highest BCUT2D eigenvalue weighted by Crippen LogP contribution is 2.38. The molecule has 0 radical (unpaired) electrons. The van der Waals surface area contributed by atoms with Gasteiger partial charge in [-0.05, 0) is 52.5 Å². The van der Waals surface area contributed by atoms with Gasteiger partial charge in [0.15, 0.2) is 6.61 Å². The summed E-state index contributed by atoms with van der Waals surface area (Å²) >= 11 is 0. The lowest BCUT2D eigenvalue weighted by atomic mass is 9.82. The van der Waals surface area contributed by atoms with Crippen LogP contribution in [0.15, 0.2) is 36.0 Å². The molecular weight excluding hydrogens is 292 g/mol. The predicted molar refractivity (Wildman–Crippen MR) is 91.2 cm³/mol. The minimum Gasteiger partial charge on any atom is -0.287 e. The largest absolute Gasteiger partial charge is 0.287 e. The highest BCUT2D eigenvalue weighted by Gasteiger charge is 2.42. The molecule has 5 nitrogen and oxygen atoms in total. The van der Waals surface area contributed by atoms with Gasteiger partial charge in [0, 0.05) is 17.2 Å². The zero-order chi connectivity index (χ0) is 17.1. The van der Waals surface area contributed by atoms with Crippen molar-refractivity contribution < 1.29 is 9.76 Å². The predicted octanol–water partition coefficient (Wildman–Crippen LogP) is 4.28. The number of nitrogens with zero attached hydrogens (tertiary/aromatic N) is 2. The third kappa shape index (κ3) is 4.39.